The molecule has 0 bridgehead atoms. The summed E-state index contributed by atoms with van der Waals surface area (Å²) in [4.78, 5) is 40.9. The molecule has 4 rings (SSSR count). The van der Waals surface area contributed by atoms with E-state index in [0.717, 1.165) is 5.52 Å². The molecule has 0 radical (unpaired) electrons. The largest absolute Gasteiger partial charge is 0.349 e. The fraction of sp³-hybridized carbons (Fsp3) is 0.276. The highest BCUT2D eigenvalue weighted by atomic mass is 16.2. The van der Waals surface area contributed by atoms with Crippen molar-refractivity contribution in [2.24, 2.45) is 0 Å². The van der Waals surface area contributed by atoms with E-state index < -0.39 is 11.6 Å². The van der Waals surface area contributed by atoms with E-state index in [-0.39, 0.29) is 24.3 Å². The van der Waals surface area contributed by atoms with E-state index in [0.29, 0.717) is 28.9 Å². The van der Waals surface area contributed by atoms with Crippen LogP contribution >= 0.6 is 0 Å². The lowest BCUT2D eigenvalue weighted by molar-refractivity contribution is -0.128. The van der Waals surface area contributed by atoms with Crippen molar-refractivity contribution in [3.05, 3.63) is 84.4 Å². The van der Waals surface area contributed by atoms with E-state index in [1.165, 1.54) is 16.5 Å². The van der Waals surface area contributed by atoms with Crippen LogP contribution in [0.3, 0.4) is 0 Å². The van der Waals surface area contributed by atoms with Crippen LogP contribution < -0.4 is 15.5 Å². The zero-order valence-corrected chi connectivity index (χ0v) is 22.0. The van der Waals surface area contributed by atoms with E-state index in [1.807, 2.05) is 75.4 Å². The van der Waals surface area contributed by atoms with Crippen LogP contribution in [-0.2, 0) is 20.9 Å². The fourth-order valence-corrected chi connectivity index (χ4v) is 4.13. The lowest BCUT2D eigenvalue weighted by Gasteiger charge is -2.34. The number of rotatable bonds is 9. The van der Waals surface area contributed by atoms with Gasteiger partial charge in [0.15, 0.2) is 0 Å². The maximum Gasteiger partial charge on any atom is 0.249 e. The normalized spacial score (nSPS) is 12.1. The van der Waals surface area contributed by atoms with Crippen LogP contribution in [0.1, 0.15) is 45.7 Å². The van der Waals surface area contributed by atoms with Gasteiger partial charge >= 0.3 is 0 Å². The second kappa shape index (κ2) is 11.2. The number of carbonyl (C=O) groups is 3. The monoisotopic (exact) mass is 512 g/mol. The van der Waals surface area contributed by atoms with Crippen molar-refractivity contribution in [3.8, 4) is 0 Å². The lowest BCUT2D eigenvalue weighted by Crippen LogP contribution is -2.51. The molecule has 0 unspecified atom stereocenters. The van der Waals surface area contributed by atoms with Crippen molar-refractivity contribution in [3.63, 3.8) is 0 Å². The van der Waals surface area contributed by atoms with Gasteiger partial charge in [-0.1, -0.05) is 54.6 Å². The Morgan fingerprint density at radius 2 is 1.61 bits per heavy atom. The Balaban J connectivity index is 1.80. The van der Waals surface area contributed by atoms with Gasteiger partial charge in [0, 0.05) is 23.8 Å². The molecule has 38 heavy (non-hydrogen) atoms. The summed E-state index contributed by atoms with van der Waals surface area (Å²) < 4.78 is 1.53. The second-order valence-corrected chi connectivity index (χ2v) is 9.77. The summed E-state index contributed by atoms with van der Waals surface area (Å²) in [5.74, 6) is -0.843. The first-order valence-electron chi connectivity index (χ1n) is 12.5. The maximum absolute atomic E-state index is 14.1. The van der Waals surface area contributed by atoms with Gasteiger partial charge in [0.05, 0.1) is 5.52 Å². The first-order valence-corrected chi connectivity index (χ1v) is 12.5. The summed E-state index contributed by atoms with van der Waals surface area (Å²) in [5, 5.41) is 14.2. The highest BCUT2D eigenvalue weighted by molar-refractivity contribution is 6.02. The van der Waals surface area contributed by atoms with Crippen molar-refractivity contribution in [1.82, 2.24) is 20.3 Å². The van der Waals surface area contributed by atoms with E-state index in [2.05, 4.69) is 20.9 Å². The van der Waals surface area contributed by atoms with Gasteiger partial charge in [0.25, 0.3) is 0 Å². The number of hydrogen-bond acceptors (Lipinski definition) is 5. The summed E-state index contributed by atoms with van der Waals surface area (Å²) in [5.41, 5.74) is 2.68. The Hall–Kier alpha value is -4.53. The number of nitrogens with one attached hydrogen (secondary N) is 2. The van der Waals surface area contributed by atoms with Crippen LogP contribution in [0.4, 0.5) is 11.4 Å². The smallest absolute Gasteiger partial charge is 0.249 e. The second-order valence-electron chi connectivity index (χ2n) is 9.77. The average Bonchev–Trinajstić information content (AvgIpc) is 3.30. The van der Waals surface area contributed by atoms with Crippen LogP contribution in [0.5, 0.6) is 0 Å². The molecule has 2 N–H and O–H groups in total. The van der Waals surface area contributed by atoms with Crippen molar-refractivity contribution < 1.29 is 14.4 Å². The van der Waals surface area contributed by atoms with Crippen LogP contribution in [0.25, 0.3) is 11.0 Å². The van der Waals surface area contributed by atoms with Gasteiger partial charge in [-0.3, -0.25) is 19.3 Å². The number of fused-ring (bicyclic) bond motifs is 1. The van der Waals surface area contributed by atoms with Crippen LogP contribution in [0.15, 0.2) is 78.9 Å². The van der Waals surface area contributed by atoms with Crippen LogP contribution in [0, 0.1) is 0 Å². The van der Waals surface area contributed by atoms with E-state index in [4.69, 9.17) is 0 Å². The Bertz CT molecular complexity index is 1430. The number of carbonyl (C=O) groups excluding carboxylic acids is 3. The molecule has 9 nitrogen and oxygen atoms in total. The molecule has 0 spiro atoms. The summed E-state index contributed by atoms with van der Waals surface area (Å²) in [6.07, 6.45) is 0.713. The Morgan fingerprint density at radius 1 is 0.947 bits per heavy atom. The van der Waals surface area contributed by atoms with E-state index in [9.17, 15) is 14.4 Å². The molecule has 1 aromatic heterocycles. The molecule has 0 aliphatic rings. The SMILES string of the molecule is CCC(C)(C)NC(=O)[C@@H](c1ccccc1)N(C(=O)Cn1nnc2ccccc21)c1ccc(NC(C)=O)cc1. The van der Waals surface area contributed by atoms with Gasteiger partial charge in [-0.15, -0.1) is 5.10 Å². The lowest BCUT2D eigenvalue weighted by atomic mass is 9.98. The highest BCUT2D eigenvalue weighted by Gasteiger charge is 2.35. The number of anilines is 2. The molecule has 3 aromatic carbocycles. The predicted molar refractivity (Wildman–Crippen MR) is 147 cm³/mol. The average molecular weight is 513 g/mol. The number of aromatic nitrogens is 3. The third-order valence-corrected chi connectivity index (χ3v) is 6.41. The first-order chi connectivity index (χ1) is 18.2. The quantitative estimate of drug-likeness (QED) is 0.344. The number of hydrogen-bond donors (Lipinski definition) is 2. The minimum Gasteiger partial charge on any atom is -0.349 e. The fourth-order valence-electron chi connectivity index (χ4n) is 4.13. The van der Waals surface area contributed by atoms with Crippen molar-refractivity contribution >= 4 is 40.1 Å². The van der Waals surface area contributed by atoms with Gasteiger partial charge in [0.1, 0.15) is 18.1 Å². The molecule has 1 atom stereocenters. The first kappa shape index (κ1) is 26.5. The van der Waals surface area contributed by atoms with Gasteiger partial charge in [0.2, 0.25) is 17.7 Å². The number of amides is 3. The topological polar surface area (TPSA) is 109 Å². The molecular formula is C29H32N6O3. The van der Waals surface area contributed by atoms with Crippen molar-refractivity contribution in [2.75, 3.05) is 10.2 Å². The molecule has 0 aliphatic heterocycles. The Morgan fingerprint density at radius 3 is 2.26 bits per heavy atom. The summed E-state index contributed by atoms with van der Waals surface area (Å²) in [6.45, 7) is 7.20. The molecule has 1 heterocycles. The zero-order valence-electron chi connectivity index (χ0n) is 22.0. The third-order valence-electron chi connectivity index (χ3n) is 6.41. The molecule has 4 aromatic rings. The minimum absolute atomic E-state index is 0.123. The number of para-hydroxylation sites is 1. The van der Waals surface area contributed by atoms with Gasteiger partial charge in [-0.2, -0.15) is 0 Å². The summed E-state index contributed by atoms with van der Waals surface area (Å²) >= 11 is 0. The molecule has 0 fully saturated rings. The molecule has 9 heteroatoms. The summed E-state index contributed by atoms with van der Waals surface area (Å²) in [6, 6.07) is 22.5. The molecule has 0 saturated heterocycles. The summed E-state index contributed by atoms with van der Waals surface area (Å²) in [7, 11) is 0. The number of benzene rings is 3. The van der Waals surface area contributed by atoms with Gasteiger partial charge in [-0.05, 0) is 62.2 Å². The highest BCUT2D eigenvalue weighted by Crippen LogP contribution is 2.30. The Labute approximate surface area is 221 Å². The van der Waals surface area contributed by atoms with E-state index in [1.54, 1.807) is 24.3 Å². The standard InChI is InChI=1S/C29H32N6O3/c1-5-29(3,4)31-28(38)27(21-11-7-6-8-12-21)35(23-17-15-22(16-18-23)30-20(2)36)26(37)19-34-25-14-10-9-13-24(25)32-33-34/h6-18,27H,5,19H2,1-4H3,(H,30,36)(H,31,38)/t27-/m1/s1. The van der Waals surface area contributed by atoms with Gasteiger partial charge < -0.3 is 10.6 Å². The van der Waals surface area contributed by atoms with Crippen molar-refractivity contribution in [2.45, 2.75) is 52.2 Å². The van der Waals surface area contributed by atoms with Gasteiger partial charge in [-0.25, -0.2) is 4.68 Å². The third kappa shape index (κ3) is 6.05. The Kier molecular flexibility index (Phi) is 7.85. The maximum atomic E-state index is 14.1. The predicted octanol–water partition coefficient (Wildman–Crippen LogP) is 4.47. The minimum atomic E-state index is -0.948. The van der Waals surface area contributed by atoms with Crippen LogP contribution in [0.2, 0.25) is 0 Å². The molecule has 0 saturated carbocycles. The van der Waals surface area contributed by atoms with Crippen molar-refractivity contribution in [1.29, 1.82) is 0 Å². The zero-order chi connectivity index (χ0) is 27.3. The molecule has 196 valence electrons. The van der Waals surface area contributed by atoms with Crippen LogP contribution in [-0.4, -0.2) is 38.3 Å². The molecule has 3 amide bonds. The molecular weight excluding hydrogens is 480 g/mol. The number of nitrogens with zero attached hydrogens (tertiary/aromatic N) is 4. The molecule has 0 aliphatic carbocycles. The van der Waals surface area contributed by atoms with E-state index >= 15 is 0 Å².